The van der Waals surface area contributed by atoms with E-state index in [1.165, 1.54) is 12.1 Å². The summed E-state index contributed by atoms with van der Waals surface area (Å²) in [6.07, 6.45) is 0. The van der Waals surface area contributed by atoms with Crippen molar-refractivity contribution in [3.05, 3.63) is 59.7 Å². The van der Waals surface area contributed by atoms with Gasteiger partial charge >= 0.3 is 0 Å². The fourth-order valence-corrected chi connectivity index (χ4v) is 3.12. The highest BCUT2D eigenvalue weighted by Gasteiger charge is 2.12. The Morgan fingerprint density at radius 3 is 2.40 bits per heavy atom. The predicted octanol–water partition coefficient (Wildman–Crippen LogP) is 4.70. The van der Waals surface area contributed by atoms with Gasteiger partial charge in [-0.1, -0.05) is 29.8 Å². The molecule has 0 aromatic heterocycles. The number of azo groups is 1. The lowest BCUT2D eigenvalue weighted by atomic mass is 10.1. The molecule has 6 nitrogen and oxygen atoms in total. The molecule has 128 valence electrons. The second-order valence-electron chi connectivity index (χ2n) is 5.85. The minimum Gasteiger partial charge on any atom is -0.397 e. The van der Waals surface area contributed by atoms with Gasteiger partial charge in [-0.3, -0.25) is 4.55 Å². The standard InChI is InChI=1S/C18H17N3O3S/c1-11-3-8-17(12(2)9-11)20-21-18-15-6-5-14(25(22,23)24)10-13(15)4-7-16(18)19/h3-10H,19H2,1-2H3,(H,22,23,24)/b21-20+. The summed E-state index contributed by atoms with van der Waals surface area (Å²) in [5.41, 5.74) is 9.77. The first-order valence-corrected chi connectivity index (χ1v) is 8.98. The zero-order valence-corrected chi connectivity index (χ0v) is 14.6. The van der Waals surface area contributed by atoms with E-state index in [4.69, 9.17) is 5.73 Å². The van der Waals surface area contributed by atoms with Gasteiger partial charge in [0, 0.05) is 5.39 Å². The third-order valence-electron chi connectivity index (χ3n) is 3.90. The van der Waals surface area contributed by atoms with Crippen molar-refractivity contribution in [2.24, 2.45) is 10.2 Å². The lowest BCUT2D eigenvalue weighted by molar-refractivity contribution is 0.483. The van der Waals surface area contributed by atoms with Crippen LogP contribution in [-0.4, -0.2) is 13.0 Å². The van der Waals surface area contributed by atoms with E-state index in [2.05, 4.69) is 10.2 Å². The molecule has 0 atom stereocenters. The van der Waals surface area contributed by atoms with Crippen LogP contribution in [0.1, 0.15) is 11.1 Å². The normalized spacial score (nSPS) is 12.1. The van der Waals surface area contributed by atoms with Crippen molar-refractivity contribution >= 4 is 38.0 Å². The van der Waals surface area contributed by atoms with Crippen LogP contribution in [0.2, 0.25) is 0 Å². The molecular weight excluding hydrogens is 338 g/mol. The minimum absolute atomic E-state index is 0.179. The van der Waals surface area contributed by atoms with Gasteiger partial charge in [0.05, 0.1) is 16.3 Å². The van der Waals surface area contributed by atoms with E-state index in [-0.39, 0.29) is 4.90 Å². The van der Waals surface area contributed by atoms with Crippen LogP contribution in [0.25, 0.3) is 10.8 Å². The van der Waals surface area contributed by atoms with E-state index in [0.717, 1.165) is 16.8 Å². The zero-order valence-electron chi connectivity index (χ0n) is 13.8. The van der Waals surface area contributed by atoms with Gasteiger partial charge in [-0.25, -0.2) is 0 Å². The first kappa shape index (κ1) is 17.1. The molecule has 3 aromatic rings. The first-order chi connectivity index (χ1) is 11.8. The molecular formula is C18H17N3O3S. The fraction of sp³-hybridized carbons (Fsp3) is 0.111. The van der Waals surface area contributed by atoms with Crippen molar-refractivity contribution in [1.29, 1.82) is 0 Å². The summed E-state index contributed by atoms with van der Waals surface area (Å²) in [5.74, 6) is 0. The lowest BCUT2D eigenvalue weighted by Gasteiger charge is -2.07. The average Bonchev–Trinajstić information content (AvgIpc) is 2.54. The second-order valence-corrected chi connectivity index (χ2v) is 7.27. The average molecular weight is 355 g/mol. The van der Waals surface area contributed by atoms with E-state index in [1.807, 2.05) is 32.0 Å². The monoisotopic (exact) mass is 355 g/mol. The quantitative estimate of drug-likeness (QED) is 0.403. The van der Waals surface area contributed by atoms with Crippen molar-refractivity contribution in [2.75, 3.05) is 5.73 Å². The Morgan fingerprint density at radius 2 is 1.72 bits per heavy atom. The molecule has 3 rings (SSSR count). The van der Waals surface area contributed by atoms with Gasteiger partial charge in [-0.2, -0.15) is 13.5 Å². The van der Waals surface area contributed by atoms with Gasteiger partial charge < -0.3 is 5.73 Å². The molecule has 0 aliphatic carbocycles. The lowest BCUT2D eigenvalue weighted by Crippen LogP contribution is -1.97. The molecule has 0 fully saturated rings. The van der Waals surface area contributed by atoms with Crippen molar-refractivity contribution in [3.63, 3.8) is 0 Å². The Bertz CT molecular complexity index is 1110. The number of benzene rings is 3. The third kappa shape index (κ3) is 3.52. The first-order valence-electron chi connectivity index (χ1n) is 7.54. The third-order valence-corrected chi connectivity index (χ3v) is 4.75. The van der Waals surface area contributed by atoms with Crippen molar-refractivity contribution in [1.82, 2.24) is 0 Å². The number of nitrogen functional groups attached to an aromatic ring is 1. The second kappa shape index (κ2) is 6.27. The fourth-order valence-electron chi connectivity index (χ4n) is 2.60. The number of rotatable bonds is 3. The molecule has 0 aliphatic heterocycles. The summed E-state index contributed by atoms with van der Waals surface area (Å²) in [6.45, 7) is 3.95. The van der Waals surface area contributed by atoms with Crippen LogP contribution in [0.3, 0.4) is 0 Å². The number of nitrogens with zero attached hydrogens (tertiary/aromatic N) is 2. The van der Waals surface area contributed by atoms with E-state index in [1.54, 1.807) is 18.2 Å². The van der Waals surface area contributed by atoms with E-state index in [0.29, 0.717) is 22.1 Å². The number of anilines is 1. The molecule has 7 heteroatoms. The highest BCUT2D eigenvalue weighted by atomic mass is 32.2. The van der Waals surface area contributed by atoms with Gasteiger partial charge in [-0.05, 0) is 49.1 Å². The number of fused-ring (bicyclic) bond motifs is 1. The van der Waals surface area contributed by atoms with Crippen molar-refractivity contribution < 1.29 is 13.0 Å². The Labute approximate surface area is 145 Å². The van der Waals surface area contributed by atoms with Crippen molar-refractivity contribution in [3.8, 4) is 0 Å². The highest BCUT2D eigenvalue weighted by Crippen LogP contribution is 2.35. The van der Waals surface area contributed by atoms with E-state index < -0.39 is 10.1 Å². The van der Waals surface area contributed by atoms with E-state index >= 15 is 0 Å². The Kier molecular flexibility index (Phi) is 4.28. The topological polar surface area (TPSA) is 105 Å². The molecule has 0 unspecified atom stereocenters. The molecule has 0 aliphatic rings. The Morgan fingerprint density at radius 1 is 0.960 bits per heavy atom. The number of nitrogens with two attached hydrogens (primary N) is 1. The zero-order chi connectivity index (χ0) is 18.2. The van der Waals surface area contributed by atoms with Crippen LogP contribution in [0.15, 0.2) is 63.7 Å². The SMILES string of the molecule is Cc1ccc(/N=N/c2c(N)ccc3cc(S(=O)(=O)O)ccc23)c(C)c1. The molecule has 3 N–H and O–H groups in total. The van der Waals surface area contributed by atoms with Crippen molar-refractivity contribution in [2.45, 2.75) is 18.7 Å². The van der Waals surface area contributed by atoms with Gasteiger partial charge in [0.1, 0.15) is 5.69 Å². The molecule has 0 amide bonds. The molecule has 0 radical (unpaired) electrons. The number of hydrogen-bond acceptors (Lipinski definition) is 5. The van der Waals surface area contributed by atoms with Gasteiger partial charge in [-0.15, -0.1) is 5.11 Å². The van der Waals surface area contributed by atoms with E-state index in [9.17, 15) is 13.0 Å². The molecule has 25 heavy (non-hydrogen) atoms. The molecule has 0 spiro atoms. The molecule has 0 saturated heterocycles. The largest absolute Gasteiger partial charge is 0.397 e. The smallest absolute Gasteiger partial charge is 0.294 e. The Hall–Kier alpha value is -2.77. The van der Waals surface area contributed by atoms with Crippen LogP contribution in [0, 0.1) is 13.8 Å². The summed E-state index contributed by atoms with van der Waals surface area (Å²) < 4.78 is 31.8. The van der Waals surface area contributed by atoms with Crippen LogP contribution in [-0.2, 0) is 10.1 Å². The summed E-state index contributed by atoms with van der Waals surface area (Å²) in [5, 5.41) is 9.80. The maximum atomic E-state index is 11.3. The molecule has 0 heterocycles. The molecule has 3 aromatic carbocycles. The summed E-state index contributed by atoms with van der Waals surface area (Å²) in [7, 11) is -4.27. The molecule has 0 saturated carbocycles. The summed E-state index contributed by atoms with van der Waals surface area (Å²) in [6, 6.07) is 13.4. The molecule has 0 bridgehead atoms. The maximum absolute atomic E-state index is 11.3. The summed E-state index contributed by atoms with van der Waals surface area (Å²) >= 11 is 0. The van der Waals surface area contributed by atoms with Crippen LogP contribution < -0.4 is 5.73 Å². The van der Waals surface area contributed by atoms with Crippen LogP contribution in [0.4, 0.5) is 17.1 Å². The predicted molar refractivity (Wildman–Crippen MR) is 98.3 cm³/mol. The highest BCUT2D eigenvalue weighted by molar-refractivity contribution is 7.85. The van der Waals surface area contributed by atoms with Gasteiger partial charge in [0.2, 0.25) is 0 Å². The van der Waals surface area contributed by atoms with Crippen LogP contribution >= 0.6 is 0 Å². The van der Waals surface area contributed by atoms with Gasteiger partial charge in [0.25, 0.3) is 10.1 Å². The number of hydrogen-bond donors (Lipinski definition) is 2. The number of aryl methyl sites for hydroxylation is 2. The Balaban J connectivity index is 2.12. The van der Waals surface area contributed by atoms with Crippen LogP contribution in [0.5, 0.6) is 0 Å². The summed E-state index contributed by atoms with van der Waals surface area (Å²) in [4.78, 5) is -0.179. The maximum Gasteiger partial charge on any atom is 0.294 e. The minimum atomic E-state index is -4.27. The van der Waals surface area contributed by atoms with Gasteiger partial charge in [0.15, 0.2) is 0 Å².